The molecule has 0 amide bonds. The summed E-state index contributed by atoms with van der Waals surface area (Å²) < 4.78 is 21.3. The number of ether oxygens (including phenoxy) is 1. The Bertz CT molecular complexity index is 968. The van der Waals surface area contributed by atoms with E-state index in [9.17, 15) is 0 Å². The number of nitrogens with zero attached hydrogens (tertiary/aromatic N) is 6. The number of nitrogens with two attached hydrogens (primary N) is 1. The van der Waals surface area contributed by atoms with Gasteiger partial charge in [0, 0.05) is 45.0 Å². The van der Waals surface area contributed by atoms with E-state index in [1.807, 2.05) is 4.90 Å². The van der Waals surface area contributed by atoms with Crippen molar-refractivity contribution in [2.75, 3.05) is 98.3 Å². The van der Waals surface area contributed by atoms with Gasteiger partial charge in [-0.05, 0) is 31.0 Å². The van der Waals surface area contributed by atoms with Gasteiger partial charge in [-0.15, -0.1) is 0 Å². The summed E-state index contributed by atoms with van der Waals surface area (Å²) in [5.41, 5.74) is 3.89. The predicted molar refractivity (Wildman–Crippen MR) is 129 cm³/mol. The minimum atomic E-state index is -0.301. The summed E-state index contributed by atoms with van der Waals surface area (Å²) in [6.07, 6.45) is 0. The molecule has 3 aliphatic rings. The van der Waals surface area contributed by atoms with E-state index in [1.165, 1.54) is 16.8 Å². The van der Waals surface area contributed by atoms with Crippen molar-refractivity contribution in [3.05, 3.63) is 35.1 Å². The van der Waals surface area contributed by atoms with Crippen molar-refractivity contribution in [3.63, 3.8) is 0 Å². The maximum absolute atomic E-state index is 15.8. The second-order valence-electron chi connectivity index (χ2n) is 9.13. The molecular formula is C24H35FN7O+. The Kier molecular flexibility index (Phi) is 6.50. The topological polar surface area (TPSA) is 64.6 Å². The summed E-state index contributed by atoms with van der Waals surface area (Å²) in [5.74, 6) is 1.21. The van der Waals surface area contributed by atoms with Gasteiger partial charge in [-0.3, -0.25) is 0 Å². The number of piperazine rings is 2. The van der Waals surface area contributed by atoms with Crippen molar-refractivity contribution < 1.29 is 14.4 Å². The SMILES string of the molecule is Cc1cccc(N2CCN(c3nc(N4CC[NH2+]CC4)nc(N4CCOCC4)c3F)CC2)c1C. The lowest BCUT2D eigenvalue weighted by Gasteiger charge is -2.38. The number of hydrogen-bond acceptors (Lipinski definition) is 7. The molecular weight excluding hydrogens is 421 g/mol. The quantitative estimate of drug-likeness (QED) is 0.730. The number of hydrogen-bond donors (Lipinski definition) is 1. The largest absolute Gasteiger partial charge is 0.378 e. The molecule has 0 bridgehead atoms. The van der Waals surface area contributed by atoms with Crippen LogP contribution in [0.25, 0.3) is 0 Å². The monoisotopic (exact) mass is 456 g/mol. The number of benzene rings is 1. The summed E-state index contributed by atoms with van der Waals surface area (Å²) in [7, 11) is 0. The van der Waals surface area contributed by atoms with Crippen LogP contribution in [-0.4, -0.2) is 88.6 Å². The van der Waals surface area contributed by atoms with Crippen LogP contribution in [0.4, 0.5) is 27.7 Å². The molecule has 33 heavy (non-hydrogen) atoms. The normalized spacial score (nSPS) is 19.8. The van der Waals surface area contributed by atoms with E-state index >= 15 is 4.39 Å². The first-order valence-corrected chi connectivity index (χ1v) is 12.1. The molecule has 3 aliphatic heterocycles. The molecule has 0 unspecified atom stereocenters. The molecule has 0 aliphatic carbocycles. The Morgan fingerprint density at radius 1 is 0.788 bits per heavy atom. The number of quaternary nitrogens is 1. The zero-order valence-corrected chi connectivity index (χ0v) is 19.8. The summed E-state index contributed by atoms with van der Waals surface area (Å²) in [6, 6.07) is 6.45. The van der Waals surface area contributed by atoms with Crippen LogP contribution >= 0.6 is 0 Å². The fourth-order valence-corrected chi connectivity index (χ4v) is 4.94. The van der Waals surface area contributed by atoms with Crippen LogP contribution in [0.5, 0.6) is 0 Å². The molecule has 8 nitrogen and oxygen atoms in total. The van der Waals surface area contributed by atoms with Crippen molar-refractivity contribution >= 4 is 23.3 Å². The van der Waals surface area contributed by atoms with E-state index in [0.29, 0.717) is 43.9 Å². The second-order valence-corrected chi connectivity index (χ2v) is 9.13. The zero-order valence-electron chi connectivity index (χ0n) is 19.8. The van der Waals surface area contributed by atoms with Crippen LogP contribution in [0.3, 0.4) is 0 Å². The Morgan fingerprint density at radius 2 is 1.39 bits per heavy atom. The lowest BCUT2D eigenvalue weighted by molar-refractivity contribution is -0.655. The maximum atomic E-state index is 15.8. The summed E-state index contributed by atoms with van der Waals surface area (Å²) >= 11 is 0. The average Bonchev–Trinajstić information content (AvgIpc) is 2.87. The van der Waals surface area contributed by atoms with Crippen molar-refractivity contribution in [1.82, 2.24) is 9.97 Å². The van der Waals surface area contributed by atoms with Crippen LogP contribution in [0.2, 0.25) is 0 Å². The Labute approximate surface area is 195 Å². The van der Waals surface area contributed by atoms with E-state index < -0.39 is 0 Å². The minimum Gasteiger partial charge on any atom is -0.378 e. The molecule has 0 spiro atoms. The van der Waals surface area contributed by atoms with Gasteiger partial charge in [0.05, 0.1) is 39.4 Å². The molecule has 0 radical (unpaired) electrons. The molecule has 2 N–H and O–H groups in total. The first-order chi connectivity index (χ1) is 16.1. The smallest absolute Gasteiger partial charge is 0.229 e. The van der Waals surface area contributed by atoms with Gasteiger partial charge >= 0.3 is 0 Å². The Morgan fingerprint density at radius 3 is 2.06 bits per heavy atom. The lowest BCUT2D eigenvalue weighted by atomic mass is 10.1. The summed E-state index contributed by atoms with van der Waals surface area (Å²) in [5, 5.41) is 2.30. The molecule has 1 aromatic carbocycles. The fourth-order valence-electron chi connectivity index (χ4n) is 4.94. The van der Waals surface area contributed by atoms with Crippen LogP contribution < -0.4 is 24.9 Å². The van der Waals surface area contributed by atoms with Crippen molar-refractivity contribution in [1.29, 1.82) is 0 Å². The average molecular weight is 457 g/mol. The number of aromatic nitrogens is 2. The van der Waals surface area contributed by atoms with Gasteiger partial charge in [-0.2, -0.15) is 14.4 Å². The van der Waals surface area contributed by atoms with Crippen LogP contribution in [0.1, 0.15) is 11.1 Å². The highest BCUT2D eigenvalue weighted by Crippen LogP contribution is 2.31. The molecule has 0 atom stereocenters. The van der Waals surface area contributed by atoms with Crippen molar-refractivity contribution in [2.24, 2.45) is 0 Å². The number of morpholine rings is 1. The third-order valence-corrected chi connectivity index (χ3v) is 7.10. The molecule has 178 valence electrons. The van der Waals surface area contributed by atoms with Gasteiger partial charge in [-0.25, -0.2) is 0 Å². The van der Waals surface area contributed by atoms with Gasteiger partial charge in [0.15, 0.2) is 11.6 Å². The first-order valence-electron chi connectivity index (χ1n) is 12.1. The van der Waals surface area contributed by atoms with E-state index in [0.717, 1.165) is 52.4 Å². The maximum Gasteiger partial charge on any atom is 0.229 e. The molecule has 2 aromatic rings. The van der Waals surface area contributed by atoms with Gasteiger partial charge in [0.25, 0.3) is 0 Å². The van der Waals surface area contributed by atoms with Crippen LogP contribution in [-0.2, 0) is 4.74 Å². The van der Waals surface area contributed by atoms with Crippen molar-refractivity contribution in [2.45, 2.75) is 13.8 Å². The van der Waals surface area contributed by atoms with Crippen LogP contribution in [0, 0.1) is 19.7 Å². The number of anilines is 4. The number of halogens is 1. The molecule has 5 rings (SSSR count). The molecule has 9 heteroatoms. The zero-order chi connectivity index (χ0) is 22.8. The van der Waals surface area contributed by atoms with E-state index in [1.54, 1.807) is 0 Å². The van der Waals surface area contributed by atoms with Gasteiger partial charge in [0.1, 0.15) is 0 Å². The van der Waals surface area contributed by atoms with Crippen molar-refractivity contribution in [3.8, 4) is 0 Å². The van der Waals surface area contributed by atoms with Crippen LogP contribution in [0.15, 0.2) is 18.2 Å². The predicted octanol–water partition coefficient (Wildman–Crippen LogP) is 0.779. The Balaban J connectivity index is 1.41. The molecule has 3 saturated heterocycles. The minimum absolute atomic E-state index is 0.301. The lowest BCUT2D eigenvalue weighted by Crippen LogP contribution is -2.89. The van der Waals surface area contributed by atoms with Gasteiger partial charge < -0.3 is 29.7 Å². The summed E-state index contributed by atoms with van der Waals surface area (Å²) in [6.45, 7) is 13.8. The summed E-state index contributed by atoms with van der Waals surface area (Å²) in [4.78, 5) is 18.2. The third kappa shape index (κ3) is 4.56. The first kappa shape index (κ1) is 22.2. The molecule has 3 fully saturated rings. The fraction of sp³-hybridized carbons (Fsp3) is 0.583. The molecule has 4 heterocycles. The van der Waals surface area contributed by atoms with E-state index in [2.05, 4.69) is 52.1 Å². The Hall–Kier alpha value is -2.65. The second kappa shape index (κ2) is 9.69. The standard InChI is InChI=1S/C24H34FN7O/c1-18-4-3-5-20(19(18)2)29-10-12-30(13-11-29)22-21(25)23(31-14-16-33-17-15-31)28-24(27-22)32-8-6-26-7-9-32/h3-5,26H,6-17H2,1-2H3/p+1. The van der Waals surface area contributed by atoms with Gasteiger partial charge in [-0.1, -0.05) is 12.1 Å². The highest BCUT2D eigenvalue weighted by molar-refractivity contribution is 5.60. The van der Waals surface area contributed by atoms with E-state index in [4.69, 9.17) is 14.7 Å². The van der Waals surface area contributed by atoms with Gasteiger partial charge in [0.2, 0.25) is 11.8 Å². The van der Waals surface area contributed by atoms with E-state index in [-0.39, 0.29) is 5.82 Å². The molecule has 0 saturated carbocycles. The number of rotatable bonds is 4. The number of aryl methyl sites for hydroxylation is 1. The molecule has 1 aromatic heterocycles. The third-order valence-electron chi connectivity index (χ3n) is 7.10. The highest BCUT2D eigenvalue weighted by Gasteiger charge is 2.29. The highest BCUT2D eigenvalue weighted by atomic mass is 19.1.